The SMILES string of the molecule is CC(C)NC(=O)CNc1nc2ccc(Cl)cn2n1. The van der Waals surface area contributed by atoms with Gasteiger partial charge in [-0.05, 0) is 26.0 Å². The monoisotopic (exact) mass is 267 g/mol. The van der Waals surface area contributed by atoms with Gasteiger partial charge in [0.15, 0.2) is 5.65 Å². The van der Waals surface area contributed by atoms with Crippen molar-refractivity contribution < 1.29 is 4.79 Å². The zero-order valence-corrected chi connectivity index (χ0v) is 10.9. The average molecular weight is 268 g/mol. The van der Waals surface area contributed by atoms with Crippen molar-refractivity contribution in [3.63, 3.8) is 0 Å². The second-order valence-electron chi connectivity index (χ2n) is 4.16. The third-order valence-corrected chi connectivity index (χ3v) is 2.38. The maximum Gasteiger partial charge on any atom is 0.243 e. The van der Waals surface area contributed by atoms with E-state index in [9.17, 15) is 4.79 Å². The summed E-state index contributed by atoms with van der Waals surface area (Å²) in [7, 11) is 0. The van der Waals surface area contributed by atoms with E-state index in [-0.39, 0.29) is 18.5 Å². The molecule has 0 bridgehead atoms. The number of hydrogen-bond donors (Lipinski definition) is 2. The standard InChI is InChI=1S/C11H14ClN5O/c1-7(2)14-10(18)5-13-11-15-9-4-3-8(12)6-17(9)16-11/h3-4,6-7H,5H2,1-2H3,(H,13,16)(H,14,18). The van der Waals surface area contributed by atoms with Crippen molar-refractivity contribution in [3.8, 4) is 0 Å². The van der Waals surface area contributed by atoms with Crippen molar-refractivity contribution >= 4 is 29.1 Å². The number of hydrogen-bond acceptors (Lipinski definition) is 4. The van der Waals surface area contributed by atoms with Gasteiger partial charge < -0.3 is 10.6 Å². The normalized spacial score (nSPS) is 10.9. The minimum Gasteiger partial charge on any atom is -0.352 e. The van der Waals surface area contributed by atoms with Gasteiger partial charge in [-0.1, -0.05) is 11.6 Å². The fourth-order valence-electron chi connectivity index (χ4n) is 1.47. The highest BCUT2D eigenvalue weighted by molar-refractivity contribution is 6.30. The molecule has 18 heavy (non-hydrogen) atoms. The van der Waals surface area contributed by atoms with Gasteiger partial charge in [0.2, 0.25) is 11.9 Å². The van der Waals surface area contributed by atoms with Gasteiger partial charge in [0.05, 0.1) is 11.6 Å². The Morgan fingerprint density at radius 3 is 3.00 bits per heavy atom. The average Bonchev–Trinajstić information content (AvgIpc) is 2.67. The lowest BCUT2D eigenvalue weighted by atomic mass is 10.4. The molecule has 2 heterocycles. The molecule has 2 aromatic heterocycles. The van der Waals surface area contributed by atoms with Crippen LogP contribution in [0.1, 0.15) is 13.8 Å². The van der Waals surface area contributed by atoms with E-state index >= 15 is 0 Å². The Bertz CT molecular complexity index is 566. The molecule has 0 aromatic carbocycles. The summed E-state index contributed by atoms with van der Waals surface area (Å²) in [6.07, 6.45) is 1.66. The van der Waals surface area contributed by atoms with Crippen LogP contribution in [-0.2, 0) is 4.79 Å². The number of amides is 1. The van der Waals surface area contributed by atoms with Crippen molar-refractivity contribution in [2.75, 3.05) is 11.9 Å². The number of rotatable bonds is 4. The van der Waals surface area contributed by atoms with Gasteiger partial charge in [-0.3, -0.25) is 4.79 Å². The van der Waals surface area contributed by atoms with Crippen molar-refractivity contribution in [1.82, 2.24) is 19.9 Å². The van der Waals surface area contributed by atoms with Crippen LogP contribution in [0.3, 0.4) is 0 Å². The number of fused-ring (bicyclic) bond motifs is 1. The molecule has 96 valence electrons. The number of carbonyl (C=O) groups excluding carboxylic acids is 1. The Kier molecular flexibility index (Phi) is 3.66. The number of aromatic nitrogens is 3. The molecule has 0 aliphatic rings. The fourth-order valence-corrected chi connectivity index (χ4v) is 1.62. The van der Waals surface area contributed by atoms with E-state index in [1.54, 1.807) is 22.8 Å². The van der Waals surface area contributed by atoms with Crippen LogP contribution in [0, 0.1) is 0 Å². The van der Waals surface area contributed by atoms with Crippen LogP contribution in [0.2, 0.25) is 5.02 Å². The molecule has 0 fully saturated rings. The Hall–Kier alpha value is -1.82. The zero-order chi connectivity index (χ0) is 13.1. The van der Waals surface area contributed by atoms with Crippen molar-refractivity contribution in [2.24, 2.45) is 0 Å². The van der Waals surface area contributed by atoms with Crippen LogP contribution in [0.25, 0.3) is 5.65 Å². The molecule has 0 aliphatic heterocycles. The van der Waals surface area contributed by atoms with Gasteiger partial charge in [0, 0.05) is 12.2 Å². The molecule has 0 aliphatic carbocycles. The van der Waals surface area contributed by atoms with E-state index < -0.39 is 0 Å². The number of halogens is 1. The van der Waals surface area contributed by atoms with Gasteiger partial charge in [-0.15, -0.1) is 5.10 Å². The summed E-state index contributed by atoms with van der Waals surface area (Å²) in [6.45, 7) is 3.95. The van der Waals surface area contributed by atoms with Crippen molar-refractivity contribution in [3.05, 3.63) is 23.4 Å². The van der Waals surface area contributed by atoms with E-state index in [0.717, 1.165) is 0 Å². The first kappa shape index (κ1) is 12.6. The number of nitrogens with one attached hydrogen (secondary N) is 2. The highest BCUT2D eigenvalue weighted by atomic mass is 35.5. The Labute approximate surface area is 109 Å². The molecule has 2 aromatic rings. The van der Waals surface area contributed by atoms with E-state index in [1.165, 1.54) is 0 Å². The maximum atomic E-state index is 11.4. The molecule has 2 N–H and O–H groups in total. The van der Waals surface area contributed by atoms with E-state index in [1.807, 2.05) is 13.8 Å². The molecule has 2 rings (SSSR count). The summed E-state index contributed by atoms with van der Waals surface area (Å²) in [6, 6.07) is 3.61. The Morgan fingerprint density at radius 1 is 1.50 bits per heavy atom. The first-order chi connectivity index (χ1) is 8.54. The van der Waals surface area contributed by atoms with Crippen molar-refractivity contribution in [1.29, 1.82) is 0 Å². The summed E-state index contributed by atoms with van der Waals surface area (Å²) >= 11 is 5.84. The topological polar surface area (TPSA) is 71.3 Å². The molecule has 0 saturated carbocycles. The lowest BCUT2D eigenvalue weighted by molar-refractivity contribution is -0.119. The summed E-state index contributed by atoms with van der Waals surface area (Å²) in [5, 5.41) is 10.4. The highest BCUT2D eigenvalue weighted by Crippen LogP contribution is 2.11. The van der Waals surface area contributed by atoms with Gasteiger partial charge in [-0.25, -0.2) is 4.52 Å². The second-order valence-corrected chi connectivity index (χ2v) is 4.60. The molecule has 0 unspecified atom stereocenters. The van der Waals surface area contributed by atoms with E-state index in [0.29, 0.717) is 16.6 Å². The smallest absolute Gasteiger partial charge is 0.243 e. The molecular weight excluding hydrogens is 254 g/mol. The van der Waals surface area contributed by atoms with E-state index in [2.05, 4.69) is 20.7 Å². The quantitative estimate of drug-likeness (QED) is 0.876. The van der Waals surface area contributed by atoms with Gasteiger partial charge in [0.1, 0.15) is 0 Å². The number of pyridine rings is 1. The fraction of sp³-hybridized carbons (Fsp3) is 0.364. The van der Waals surface area contributed by atoms with Crippen LogP contribution in [-0.4, -0.2) is 33.1 Å². The number of nitrogens with zero attached hydrogens (tertiary/aromatic N) is 3. The minimum atomic E-state index is -0.0955. The van der Waals surface area contributed by atoms with Crippen LogP contribution in [0.15, 0.2) is 18.3 Å². The predicted molar refractivity (Wildman–Crippen MR) is 69.8 cm³/mol. The minimum absolute atomic E-state index is 0.0955. The molecule has 0 atom stereocenters. The molecular formula is C11H14ClN5O. The van der Waals surface area contributed by atoms with Crippen LogP contribution in [0.4, 0.5) is 5.95 Å². The van der Waals surface area contributed by atoms with Gasteiger partial charge >= 0.3 is 0 Å². The maximum absolute atomic E-state index is 11.4. The predicted octanol–water partition coefficient (Wildman–Crippen LogP) is 1.32. The molecule has 0 radical (unpaired) electrons. The third kappa shape index (κ3) is 3.10. The lowest BCUT2D eigenvalue weighted by Gasteiger charge is -2.07. The summed E-state index contributed by atoms with van der Waals surface area (Å²) in [4.78, 5) is 15.6. The first-order valence-corrected chi connectivity index (χ1v) is 5.97. The van der Waals surface area contributed by atoms with Gasteiger partial charge in [-0.2, -0.15) is 4.98 Å². The Balaban J connectivity index is 2.02. The van der Waals surface area contributed by atoms with Crippen LogP contribution < -0.4 is 10.6 Å². The summed E-state index contributed by atoms with van der Waals surface area (Å²) in [5.74, 6) is 0.304. The molecule has 0 spiro atoms. The molecule has 6 nitrogen and oxygen atoms in total. The lowest BCUT2D eigenvalue weighted by Crippen LogP contribution is -2.35. The van der Waals surface area contributed by atoms with Gasteiger partial charge in [0.25, 0.3) is 0 Å². The highest BCUT2D eigenvalue weighted by Gasteiger charge is 2.06. The molecule has 1 amide bonds. The second kappa shape index (κ2) is 5.22. The Morgan fingerprint density at radius 2 is 2.28 bits per heavy atom. The van der Waals surface area contributed by atoms with Crippen molar-refractivity contribution in [2.45, 2.75) is 19.9 Å². The van der Waals surface area contributed by atoms with E-state index in [4.69, 9.17) is 11.6 Å². The first-order valence-electron chi connectivity index (χ1n) is 5.60. The largest absolute Gasteiger partial charge is 0.352 e. The van der Waals surface area contributed by atoms with Crippen LogP contribution >= 0.6 is 11.6 Å². The molecule has 0 saturated heterocycles. The zero-order valence-electron chi connectivity index (χ0n) is 10.1. The van der Waals surface area contributed by atoms with Crippen LogP contribution in [0.5, 0.6) is 0 Å². The summed E-state index contributed by atoms with van der Waals surface area (Å²) < 4.78 is 1.56. The summed E-state index contributed by atoms with van der Waals surface area (Å²) in [5.41, 5.74) is 0.672. The third-order valence-electron chi connectivity index (χ3n) is 2.15. The number of carbonyl (C=O) groups is 1. The number of anilines is 1. The molecule has 7 heteroatoms.